The molecule has 6 heteroatoms. The van der Waals surface area contributed by atoms with E-state index in [4.69, 9.17) is 4.74 Å². The molecule has 0 heterocycles. The highest BCUT2D eigenvalue weighted by Gasteiger charge is 2.31. The van der Waals surface area contributed by atoms with Crippen LogP contribution in [0, 0.1) is 6.92 Å². The minimum absolute atomic E-state index is 0.0441. The summed E-state index contributed by atoms with van der Waals surface area (Å²) in [5.41, 5.74) is 3.02. The highest BCUT2D eigenvalue weighted by Crippen LogP contribution is 2.19. The van der Waals surface area contributed by atoms with Gasteiger partial charge >= 0.3 is 0 Å². The number of nitrogens with zero attached hydrogens (tertiary/aromatic N) is 1. The van der Waals surface area contributed by atoms with Crippen molar-refractivity contribution in [3.8, 4) is 5.75 Å². The minimum Gasteiger partial charge on any atom is -0.484 e. The zero-order valence-corrected chi connectivity index (χ0v) is 21.4. The number of carbonyl (C=O) groups excluding carboxylic acids is 2. The molecule has 0 spiro atoms. The molecule has 0 saturated heterocycles. The molecule has 3 rings (SSSR count). The zero-order valence-electron chi connectivity index (χ0n) is 19.8. The summed E-state index contributed by atoms with van der Waals surface area (Å²) in [7, 11) is 0. The molecule has 0 aliphatic rings. The third-order valence-electron chi connectivity index (χ3n) is 5.33. The molecule has 1 N–H and O–H groups in total. The van der Waals surface area contributed by atoms with Crippen molar-refractivity contribution in [3.05, 3.63) is 100 Å². The van der Waals surface area contributed by atoms with E-state index in [-0.39, 0.29) is 24.5 Å². The minimum atomic E-state index is -0.683. The number of hydrogen-bond donors (Lipinski definition) is 1. The lowest BCUT2D eigenvalue weighted by molar-refractivity contribution is -0.143. The number of aryl methyl sites for hydroxylation is 1. The van der Waals surface area contributed by atoms with E-state index in [1.165, 1.54) is 0 Å². The van der Waals surface area contributed by atoms with Crippen molar-refractivity contribution in [3.63, 3.8) is 0 Å². The Bertz CT molecular complexity index is 1080. The third-order valence-corrected chi connectivity index (χ3v) is 5.82. The first kappa shape index (κ1) is 25.5. The summed E-state index contributed by atoms with van der Waals surface area (Å²) in [6.45, 7) is 5.96. The van der Waals surface area contributed by atoms with Crippen LogP contribution in [0.2, 0.25) is 0 Å². The summed E-state index contributed by atoms with van der Waals surface area (Å²) in [6, 6.07) is 24.4. The molecular formula is C28H31BrN2O3. The first-order chi connectivity index (χ1) is 16.3. The van der Waals surface area contributed by atoms with E-state index < -0.39 is 6.04 Å². The topological polar surface area (TPSA) is 58.6 Å². The van der Waals surface area contributed by atoms with E-state index in [1.54, 1.807) is 4.90 Å². The molecule has 178 valence electrons. The van der Waals surface area contributed by atoms with Crippen LogP contribution in [0.3, 0.4) is 0 Å². The fourth-order valence-electron chi connectivity index (χ4n) is 3.63. The van der Waals surface area contributed by atoms with Gasteiger partial charge in [-0.1, -0.05) is 76.1 Å². The van der Waals surface area contributed by atoms with E-state index in [2.05, 4.69) is 21.2 Å². The van der Waals surface area contributed by atoms with Crippen molar-refractivity contribution in [2.75, 3.05) is 6.61 Å². The number of hydrogen-bond acceptors (Lipinski definition) is 3. The molecule has 0 aromatic heterocycles. The summed E-state index contributed by atoms with van der Waals surface area (Å²) < 4.78 is 6.71. The van der Waals surface area contributed by atoms with Gasteiger partial charge in [0.05, 0.1) is 0 Å². The van der Waals surface area contributed by atoms with Gasteiger partial charge in [0.1, 0.15) is 11.8 Å². The van der Waals surface area contributed by atoms with Crippen molar-refractivity contribution >= 4 is 27.7 Å². The van der Waals surface area contributed by atoms with E-state index in [0.717, 1.165) is 21.2 Å². The number of halogens is 1. The molecular weight excluding hydrogens is 492 g/mol. The lowest BCUT2D eigenvalue weighted by atomic mass is 10.0. The number of ether oxygens (including phenoxy) is 1. The molecule has 3 aromatic rings. The van der Waals surface area contributed by atoms with Crippen molar-refractivity contribution in [2.45, 2.75) is 45.8 Å². The SMILES string of the molecule is Cc1ccc(OCC(=O)N(Cc2cccc(Br)c2)C(Cc2ccccc2)C(=O)NC(C)C)cc1. The van der Waals surface area contributed by atoms with Crippen molar-refractivity contribution < 1.29 is 14.3 Å². The molecule has 0 aliphatic carbocycles. The lowest BCUT2D eigenvalue weighted by Gasteiger charge is -2.32. The van der Waals surface area contributed by atoms with Crippen LogP contribution >= 0.6 is 15.9 Å². The number of nitrogens with one attached hydrogen (secondary N) is 1. The van der Waals surface area contributed by atoms with Crippen LogP contribution in [0.15, 0.2) is 83.3 Å². The number of amides is 2. The fraction of sp³-hybridized carbons (Fsp3) is 0.286. The monoisotopic (exact) mass is 522 g/mol. The Hall–Kier alpha value is -3.12. The summed E-state index contributed by atoms with van der Waals surface area (Å²) in [4.78, 5) is 28.4. The molecule has 1 unspecified atom stereocenters. The van der Waals surface area contributed by atoms with Gasteiger partial charge in [0.2, 0.25) is 5.91 Å². The highest BCUT2D eigenvalue weighted by molar-refractivity contribution is 9.10. The van der Waals surface area contributed by atoms with Gasteiger partial charge in [0.15, 0.2) is 6.61 Å². The molecule has 0 aliphatic heterocycles. The van der Waals surface area contributed by atoms with Gasteiger partial charge in [-0.25, -0.2) is 0 Å². The smallest absolute Gasteiger partial charge is 0.261 e. The average Bonchev–Trinajstić information content (AvgIpc) is 2.81. The molecule has 1 atom stereocenters. The predicted molar refractivity (Wildman–Crippen MR) is 139 cm³/mol. The number of rotatable bonds is 10. The summed E-state index contributed by atoms with van der Waals surface area (Å²) in [6.07, 6.45) is 0.406. The van der Waals surface area contributed by atoms with Crippen LogP contribution in [0.5, 0.6) is 5.75 Å². The Balaban J connectivity index is 1.90. The van der Waals surface area contributed by atoms with Gasteiger partial charge in [-0.05, 0) is 56.2 Å². The molecule has 0 radical (unpaired) electrons. The Morgan fingerprint density at radius 1 is 0.941 bits per heavy atom. The Morgan fingerprint density at radius 3 is 2.26 bits per heavy atom. The standard InChI is InChI=1S/C28H31BrN2O3/c1-20(2)30-28(33)26(17-22-8-5-4-6-9-22)31(18-23-10-7-11-24(29)16-23)27(32)19-34-25-14-12-21(3)13-15-25/h4-16,20,26H,17-19H2,1-3H3,(H,30,33). The van der Waals surface area contributed by atoms with Gasteiger partial charge in [0.25, 0.3) is 5.91 Å². The highest BCUT2D eigenvalue weighted by atomic mass is 79.9. The molecule has 0 fully saturated rings. The molecule has 0 saturated carbocycles. The first-order valence-electron chi connectivity index (χ1n) is 11.4. The van der Waals surface area contributed by atoms with Crippen LogP contribution in [-0.4, -0.2) is 35.4 Å². The van der Waals surface area contributed by atoms with Crippen LogP contribution < -0.4 is 10.1 Å². The second-order valence-electron chi connectivity index (χ2n) is 8.62. The van der Waals surface area contributed by atoms with Crippen LogP contribution in [0.1, 0.15) is 30.5 Å². The molecule has 3 aromatic carbocycles. The summed E-state index contributed by atoms with van der Waals surface area (Å²) >= 11 is 3.50. The Kier molecular flexibility index (Phi) is 9.28. The van der Waals surface area contributed by atoms with E-state index in [1.807, 2.05) is 99.6 Å². The molecule has 2 amide bonds. The van der Waals surface area contributed by atoms with E-state index >= 15 is 0 Å². The summed E-state index contributed by atoms with van der Waals surface area (Å²) in [5, 5.41) is 2.99. The zero-order chi connectivity index (χ0) is 24.5. The summed E-state index contributed by atoms with van der Waals surface area (Å²) in [5.74, 6) is 0.186. The molecule has 0 bridgehead atoms. The fourth-order valence-corrected chi connectivity index (χ4v) is 4.08. The third kappa shape index (κ3) is 7.73. The van der Waals surface area contributed by atoms with Gasteiger partial charge in [-0.2, -0.15) is 0 Å². The maximum absolute atomic E-state index is 13.5. The van der Waals surface area contributed by atoms with Gasteiger partial charge < -0.3 is 15.0 Å². The maximum Gasteiger partial charge on any atom is 0.261 e. The van der Waals surface area contributed by atoms with Gasteiger partial charge in [-0.3, -0.25) is 9.59 Å². The number of carbonyl (C=O) groups is 2. The molecule has 34 heavy (non-hydrogen) atoms. The van der Waals surface area contributed by atoms with Crippen LogP contribution in [0.25, 0.3) is 0 Å². The van der Waals surface area contributed by atoms with Gasteiger partial charge in [-0.15, -0.1) is 0 Å². The van der Waals surface area contributed by atoms with Gasteiger partial charge in [0, 0.05) is 23.5 Å². The first-order valence-corrected chi connectivity index (χ1v) is 12.2. The lowest BCUT2D eigenvalue weighted by Crippen LogP contribution is -2.52. The quantitative estimate of drug-likeness (QED) is 0.393. The normalized spacial score (nSPS) is 11.7. The van der Waals surface area contributed by atoms with Crippen molar-refractivity contribution in [1.82, 2.24) is 10.2 Å². The van der Waals surface area contributed by atoms with Crippen molar-refractivity contribution in [1.29, 1.82) is 0 Å². The molecule has 5 nitrogen and oxygen atoms in total. The largest absolute Gasteiger partial charge is 0.484 e. The van der Waals surface area contributed by atoms with E-state index in [9.17, 15) is 9.59 Å². The maximum atomic E-state index is 13.5. The Labute approximate surface area is 210 Å². The number of benzene rings is 3. The second-order valence-corrected chi connectivity index (χ2v) is 9.54. The Morgan fingerprint density at radius 2 is 1.62 bits per heavy atom. The van der Waals surface area contributed by atoms with Crippen molar-refractivity contribution in [2.24, 2.45) is 0 Å². The second kappa shape index (κ2) is 12.4. The van der Waals surface area contributed by atoms with Crippen LogP contribution in [-0.2, 0) is 22.6 Å². The van der Waals surface area contributed by atoms with Crippen LogP contribution in [0.4, 0.5) is 0 Å². The predicted octanol–water partition coefficient (Wildman–Crippen LogP) is 5.30. The van der Waals surface area contributed by atoms with E-state index in [0.29, 0.717) is 18.7 Å². The average molecular weight is 523 g/mol.